The molecule has 1 fully saturated rings. The summed E-state index contributed by atoms with van der Waals surface area (Å²) in [5.74, 6) is 0.676. The standard InChI is InChI=1S/C24H27N3O3/c1-30-20-13-11-17(12-14-20)23-21(16-27(26-23)19-8-3-2-4-9-19)24(29)25-15-18-7-5-6-10-22(18)28/h2-4,8-9,11-14,16,18,22,28H,5-7,10,15H2,1H3,(H,25,29)/t18-,22-/m0/s1. The van der Waals surface area contributed by atoms with E-state index in [4.69, 9.17) is 9.84 Å². The molecule has 0 bridgehead atoms. The number of aliphatic hydroxyl groups is 1. The molecule has 0 unspecified atom stereocenters. The van der Waals surface area contributed by atoms with Crippen molar-refractivity contribution in [3.05, 3.63) is 66.4 Å². The number of rotatable bonds is 6. The van der Waals surface area contributed by atoms with Crippen LogP contribution in [0.1, 0.15) is 36.0 Å². The fourth-order valence-corrected chi connectivity index (χ4v) is 3.96. The Morgan fingerprint density at radius 1 is 1.13 bits per heavy atom. The SMILES string of the molecule is COc1ccc(-c2nn(-c3ccccc3)cc2C(=O)NC[C@@H]2CCCC[C@@H]2O)cc1. The van der Waals surface area contributed by atoms with Gasteiger partial charge >= 0.3 is 0 Å². The second-order valence-corrected chi connectivity index (χ2v) is 7.72. The van der Waals surface area contributed by atoms with Crippen LogP contribution < -0.4 is 10.1 Å². The van der Waals surface area contributed by atoms with E-state index in [0.717, 1.165) is 42.7 Å². The average molecular weight is 405 g/mol. The van der Waals surface area contributed by atoms with E-state index in [0.29, 0.717) is 17.8 Å². The van der Waals surface area contributed by atoms with Gasteiger partial charge in [-0.2, -0.15) is 5.10 Å². The monoisotopic (exact) mass is 405 g/mol. The number of amides is 1. The molecular weight excluding hydrogens is 378 g/mol. The van der Waals surface area contributed by atoms with E-state index in [-0.39, 0.29) is 17.9 Å². The highest BCUT2D eigenvalue weighted by Crippen LogP contribution is 2.27. The Balaban J connectivity index is 1.62. The summed E-state index contributed by atoms with van der Waals surface area (Å²) in [5, 5.41) is 17.9. The zero-order valence-electron chi connectivity index (χ0n) is 17.1. The summed E-state index contributed by atoms with van der Waals surface area (Å²) < 4.78 is 6.97. The van der Waals surface area contributed by atoms with E-state index >= 15 is 0 Å². The van der Waals surface area contributed by atoms with Crippen LogP contribution in [-0.4, -0.2) is 40.6 Å². The van der Waals surface area contributed by atoms with Gasteiger partial charge < -0.3 is 15.2 Å². The number of carbonyl (C=O) groups excluding carboxylic acids is 1. The third-order valence-electron chi connectivity index (χ3n) is 5.74. The molecule has 1 aromatic heterocycles. The zero-order chi connectivity index (χ0) is 20.9. The van der Waals surface area contributed by atoms with Gasteiger partial charge in [-0.1, -0.05) is 31.0 Å². The van der Waals surface area contributed by atoms with Crippen molar-refractivity contribution in [2.75, 3.05) is 13.7 Å². The number of hydrogen-bond donors (Lipinski definition) is 2. The number of nitrogens with one attached hydrogen (secondary N) is 1. The van der Waals surface area contributed by atoms with Crippen LogP contribution in [0.15, 0.2) is 60.8 Å². The van der Waals surface area contributed by atoms with Gasteiger partial charge in [0.05, 0.1) is 24.5 Å². The van der Waals surface area contributed by atoms with Gasteiger partial charge in [-0.3, -0.25) is 4.79 Å². The summed E-state index contributed by atoms with van der Waals surface area (Å²) in [5.41, 5.74) is 2.85. The molecule has 0 saturated heterocycles. The fraction of sp³-hybridized carbons (Fsp3) is 0.333. The first kappa shape index (κ1) is 20.2. The zero-order valence-corrected chi connectivity index (χ0v) is 17.1. The summed E-state index contributed by atoms with van der Waals surface area (Å²) in [4.78, 5) is 13.1. The minimum absolute atomic E-state index is 0.108. The van der Waals surface area contributed by atoms with Crippen molar-refractivity contribution in [1.82, 2.24) is 15.1 Å². The maximum absolute atomic E-state index is 13.1. The third-order valence-corrected chi connectivity index (χ3v) is 5.74. The lowest BCUT2D eigenvalue weighted by Gasteiger charge is -2.27. The van der Waals surface area contributed by atoms with Gasteiger partial charge in [0.15, 0.2) is 0 Å². The van der Waals surface area contributed by atoms with Gasteiger partial charge in [-0.25, -0.2) is 4.68 Å². The van der Waals surface area contributed by atoms with E-state index in [1.165, 1.54) is 0 Å². The number of aliphatic hydroxyl groups excluding tert-OH is 1. The summed E-state index contributed by atoms with van der Waals surface area (Å²) in [6.45, 7) is 0.471. The Kier molecular flexibility index (Phi) is 6.14. The summed E-state index contributed by atoms with van der Waals surface area (Å²) in [7, 11) is 1.62. The molecule has 4 rings (SSSR count). The molecule has 3 aromatic rings. The lowest BCUT2D eigenvalue weighted by atomic mass is 9.86. The highest BCUT2D eigenvalue weighted by atomic mass is 16.5. The number of carbonyl (C=O) groups is 1. The van der Waals surface area contributed by atoms with E-state index in [9.17, 15) is 9.90 Å². The molecule has 6 nitrogen and oxygen atoms in total. The fourth-order valence-electron chi connectivity index (χ4n) is 3.96. The van der Waals surface area contributed by atoms with Crippen molar-refractivity contribution >= 4 is 5.91 Å². The first-order valence-electron chi connectivity index (χ1n) is 10.4. The quantitative estimate of drug-likeness (QED) is 0.654. The van der Waals surface area contributed by atoms with E-state index in [1.807, 2.05) is 54.6 Å². The number of benzene rings is 2. The molecule has 0 aliphatic heterocycles. The molecule has 0 radical (unpaired) electrons. The Bertz CT molecular complexity index is 983. The molecule has 1 heterocycles. The molecule has 2 N–H and O–H groups in total. The van der Waals surface area contributed by atoms with Crippen molar-refractivity contribution in [3.8, 4) is 22.7 Å². The van der Waals surface area contributed by atoms with E-state index in [2.05, 4.69) is 5.32 Å². The molecule has 1 amide bonds. The maximum atomic E-state index is 13.1. The van der Waals surface area contributed by atoms with Crippen molar-refractivity contribution < 1.29 is 14.6 Å². The second-order valence-electron chi connectivity index (χ2n) is 7.72. The van der Waals surface area contributed by atoms with E-state index in [1.54, 1.807) is 18.0 Å². The number of ether oxygens (including phenoxy) is 1. The van der Waals surface area contributed by atoms with Gasteiger partial charge in [0.1, 0.15) is 11.4 Å². The largest absolute Gasteiger partial charge is 0.497 e. The molecule has 1 aliphatic carbocycles. The summed E-state index contributed by atoms with van der Waals surface area (Å²) in [6, 6.07) is 17.2. The highest BCUT2D eigenvalue weighted by Gasteiger charge is 2.25. The number of hydrogen-bond acceptors (Lipinski definition) is 4. The Morgan fingerprint density at radius 2 is 1.87 bits per heavy atom. The van der Waals surface area contributed by atoms with Crippen LogP contribution >= 0.6 is 0 Å². The van der Waals surface area contributed by atoms with Crippen LogP contribution in [0.25, 0.3) is 16.9 Å². The molecule has 30 heavy (non-hydrogen) atoms. The van der Waals surface area contributed by atoms with Gasteiger partial charge in [-0.05, 0) is 49.2 Å². The molecule has 0 spiro atoms. The molecule has 1 saturated carbocycles. The van der Waals surface area contributed by atoms with Gasteiger partial charge in [0.25, 0.3) is 5.91 Å². The molecule has 2 aromatic carbocycles. The van der Waals surface area contributed by atoms with Crippen LogP contribution in [0.2, 0.25) is 0 Å². The molecule has 1 aliphatic rings. The summed E-state index contributed by atoms with van der Waals surface area (Å²) in [6.07, 6.45) is 5.32. The lowest BCUT2D eigenvalue weighted by Crippen LogP contribution is -2.36. The Labute approximate surface area is 176 Å². The highest BCUT2D eigenvalue weighted by molar-refractivity contribution is 6.00. The molecular formula is C24H27N3O3. The van der Waals surface area contributed by atoms with Crippen LogP contribution in [-0.2, 0) is 0 Å². The lowest BCUT2D eigenvalue weighted by molar-refractivity contribution is 0.0663. The first-order valence-corrected chi connectivity index (χ1v) is 10.4. The van der Waals surface area contributed by atoms with Crippen molar-refractivity contribution in [2.45, 2.75) is 31.8 Å². The smallest absolute Gasteiger partial charge is 0.255 e. The Hall–Kier alpha value is -3.12. The van der Waals surface area contributed by atoms with Crippen LogP contribution in [0.3, 0.4) is 0 Å². The minimum Gasteiger partial charge on any atom is -0.497 e. The van der Waals surface area contributed by atoms with Crippen molar-refractivity contribution in [1.29, 1.82) is 0 Å². The topological polar surface area (TPSA) is 76.4 Å². The van der Waals surface area contributed by atoms with Crippen LogP contribution in [0.5, 0.6) is 5.75 Å². The summed E-state index contributed by atoms with van der Waals surface area (Å²) >= 11 is 0. The number of nitrogens with zero attached hydrogens (tertiary/aromatic N) is 2. The normalized spacial score (nSPS) is 18.7. The predicted molar refractivity (Wildman–Crippen MR) is 116 cm³/mol. The first-order chi connectivity index (χ1) is 14.7. The number of para-hydroxylation sites is 1. The average Bonchev–Trinajstić information content (AvgIpc) is 3.25. The third kappa shape index (κ3) is 4.39. The van der Waals surface area contributed by atoms with Crippen molar-refractivity contribution in [3.63, 3.8) is 0 Å². The molecule has 6 heteroatoms. The molecule has 156 valence electrons. The van der Waals surface area contributed by atoms with Gasteiger partial charge in [-0.15, -0.1) is 0 Å². The maximum Gasteiger partial charge on any atom is 0.255 e. The Morgan fingerprint density at radius 3 is 2.57 bits per heavy atom. The number of methoxy groups -OCH3 is 1. The molecule has 2 atom stereocenters. The predicted octanol–water partition coefficient (Wildman–Crippen LogP) is 3.83. The minimum atomic E-state index is -0.341. The second kappa shape index (κ2) is 9.13. The number of aromatic nitrogens is 2. The van der Waals surface area contributed by atoms with Crippen molar-refractivity contribution in [2.24, 2.45) is 5.92 Å². The van der Waals surface area contributed by atoms with Gasteiger partial charge in [0, 0.05) is 24.2 Å². The van der Waals surface area contributed by atoms with Gasteiger partial charge in [0.2, 0.25) is 0 Å². The van der Waals surface area contributed by atoms with Crippen LogP contribution in [0.4, 0.5) is 0 Å². The van der Waals surface area contributed by atoms with E-state index < -0.39 is 0 Å². The van der Waals surface area contributed by atoms with Crippen LogP contribution in [0, 0.1) is 5.92 Å².